The third kappa shape index (κ3) is 2.34. The number of aromatic nitrogens is 3. The predicted octanol–water partition coefficient (Wildman–Crippen LogP) is 2.34. The summed E-state index contributed by atoms with van der Waals surface area (Å²) in [6.45, 7) is 3.60. The first kappa shape index (κ1) is 12.1. The molecule has 0 unspecified atom stereocenters. The van der Waals surface area contributed by atoms with Crippen molar-refractivity contribution >= 4 is 29.1 Å². The standard InChI is InChI=1S/C10H11N3O2S2/c1-5-4-16-10(11-5)17-8-7(9(14)15)6(2)12-13(8)3/h4H,1-3H3,(H,14,15). The minimum absolute atomic E-state index is 0.255. The normalized spacial score (nSPS) is 10.8. The van der Waals surface area contributed by atoms with Crippen LogP contribution in [0.4, 0.5) is 0 Å². The Bertz CT molecular complexity index is 574. The molecule has 0 saturated heterocycles. The monoisotopic (exact) mass is 269 g/mol. The van der Waals surface area contributed by atoms with Crippen LogP contribution in [-0.2, 0) is 7.05 Å². The number of nitrogens with zero attached hydrogens (tertiary/aromatic N) is 3. The van der Waals surface area contributed by atoms with Crippen LogP contribution in [-0.4, -0.2) is 25.8 Å². The zero-order chi connectivity index (χ0) is 12.6. The molecule has 0 atom stereocenters. The first-order valence-electron chi connectivity index (χ1n) is 4.86. The molecule has 2 aromatic heterocycles. The maximum absolute atomic E-state index is 11.2. The Hall–Kier alpha value is -1.34. The minimum atomic E-state index is -0.952. The summed E-state index contributed by atoms with van der Waals surface area (Å²) >= 11 is 2.84. The first-order valence-corrected chi connectivity index (χ1v) is 6.55. The second-order valence-corrected chi connectivity index (χ2v) is 5.65. The fourth-order valence-electron chi connectivity index (χ4n) is 1.46. The summed E-state index contributed by atoms with van der Waals surface area (Å²) in [7, 11) is 1.74. The van der Waals surface area contributed by atoms with Gasteiger partial charge >= 0.3 is 5.97 Å². The van der Waals surface area contributed by atoms with Gasteiger partial charge in [0.15, 0.2) is 4.34 Å². The van der Waals surface area contributed by atoms with Crippen LogP contribution < -0.4 is 0 Å². The average Bonchev–Trinajstić information content (AvgIpc) is 2.72. The molecule has 0 saturated carbocycles. The van der Waals surface area contributed by atoms with Crippen LogP contribution in [0.2, 0.25) is 0 Å². The molecule has 2 rings (SSSR count). The SMILES string of the molecule is Cc1csc(Sc2c(C(=O)O)c(C)nn2C)n1. The smallest absolute Gasteiger partial charge is 0.340 e. The van der Waals surface area contributed by atoms with E-state index >= 15 is 0 Å². The molecule has 1 N–H and O–H groups in total. The van der Waals surface area contributed by atoms with E-state index in [1.165, 1.54) is 23.1 Å². The van der Waals surface area contributed by atoms with Crippen LogP contribution >= 0.6 is 23.1 Å². The van der Waals surface area contributed by atoms with Crippen molar-refractivity contribution in [3.05, 3.63) is 22.3 Å². The fraction of sp³-hybridized carbons (Fsp3) is 0.300. The Morgan fingerprint density at radius 2 is 2.24 bits per heavy atom. The highest BCUT2D eigenvalue weighted by Crippen LogP contribution is 2.33. The van der Waals surface area contributed by atoms with E-state index in [2.05, 4.69) is 10.1 Å². The van der Waals surface area contributed by atoms with Crippen LogP contribution in [0.5, 0.6) is 0 Å². The topological polar surface area (TPSA) is 68.0 Å². The van der Waals surface area contributed by atoms with Gasteiger partial charge in [0.1, 0.15) is 10.6 Å². The molecule has 0 aliphatic rings. The maximum Gasteiger partial charge on any atom is 0.340 e. The van der Waals surface area contributed by atoms with Gasteiger partial charge in [-0.2, -0.15) is 5.10 Å². The van der Waals surface area contributed by atoms with E-state index in [0.717, 1.165) is 10.0 Å². The van der Waals surface area contributed by atoms with Crippen molar-refractivity contribution in [3.8, 4) is 0 Å². The van der Waals surface area contributed by atoms with Crippen molar-refractivity contribution in [2.75, 3.05) is 0 Å². The van der Waals surface area contributed by atoms with Crippen LogP contribution in [0, 0.1) is 13.8 Å². The second kappa shape index (κ2) is 4.50. The highest BCUT2D eigenvalue weighted by atomic mass is 32.2. The Kier molecular flexibility index (Phi) is 3.21. The lowest BCUT2D eigenvalue weighted by Crippen LogP contribution is -2.00. The molecular formula is C10H11N3O2S2. The second-order valence-electron chi connectivity index (χ2n) is 3.55. The number of aryl methyl sites for hydroxylation is 3. The quantitative estimate of drug-likeness (QED) is 0.926. The van der Waals surface area contributed by atoms with Crippen molar-refractivity contribution < 1.29 is 9.90 Å². The van der Waals surface area contributed by atoms with Crippen LogP contribution in [0.25, 0.3) is 0 Å². The van der Waals surface area contributed by atoms with Gasteiger partial charge in [-0.25, -0.2) is 9.78 Å². The number of hydrogen-bond donors (Lipinski definition) is 1. The molecule has 0 aromatic carbocycles. The third-order valence-electron chi connectivity index (χ3n) is 2.17. The summed E-state index contributed by atoms with van der Waals surface area (Å²) in [5.41, 5.74) is 1.72. The van der Waals surface area contributed by atoms with E-state index in [1.807, 2.05) is 12.3 Å². The zero-order valence-electron chi connectivity index (χ0n) is 9.59. The summed E-state index contributed by atoms with van der Waals surface area (Å²) in [4.78, 5) is 15.5. The number of carbonyl (C=O) groups is 1. The summed E-state index contributed by atoms with van der Waals surface area (Å²) < 4.78 is 2.41. The van der Waals surface area contributed by atoms with E-state index < -0.39 is 5.97 Å². The van der Waals surface area contributed by atoms with E-state index in [1.54, 1.807) is 18.7 Å². The summed E-state index contributed by atoms with van der Waals surface area (Å²) in [5, 5.41) is 15.8. The maximum atomic E-state index is 11.2. The summed E-state index contributed by atoms with van der Waals surface area (Å²) in [6, 6.07) is 0. The number of carboxylic acid groups (broad SMARTS) is 1. The average molecular weight is 269 g/mol. The van der Waals surface area contributed by atoms with Gasteiger partial charge in [0.2, 0.25) is 0 Å². The molecule has 0 spiro atoms. The Labute approximate surface area is 106 Å². The molecule has 7 heteroatoms. The largest absolute Gasteiger partial charge is 0.478 e. The van der Waals surface area contributed by atoms with Gasteiger partial charge in [0, 0.05) is 18.1 Å². The van der Waals surface area contributed by atoms with E-state index in [9.17, 15) is 4.79 Å². The van der Waals surface area contributed by atoms with Crippen molar-refractivity contribution in [2.24, 2.45) is 7.05 Å². The highest BCUT2D eigenvalue weighted by molar-refractivity contribution is 8.01. The lowest BCUT2D eigenvalue weighted by molar-refractivity contribution is 0.0692. The lowest BCUT2D eigenvalue weighted by atomic mass is 10.3. The number of thiazole rings is 1. The zero-order valence-corrected chi connectivity index (χ0v) is 11.2. The van der Waals surface area contributed by atoms with Crippen LogP contribution in [0.1, 0.15) is 21.7 Å². The van der Waals surface area contributed by atoms with Gasteiger partial charge in [-0.15, -0.1) is 11.3 Å². The van der Waals surface area contributed by atoms with Gasteiger partial charge in [-0.3, -0.25) is 4.68 Å². The minimum Gasteiger partial charge on any atom is -0.478 e. The number of aromatic carboxylic acids is 1. The molecule has 90 valence electrons. The summed E-state index contributed by atoms with van der Waals surface area (Å²) in [6.07, 6.45) is 0. The molecule has 0 fully saturated rings. The third-order valence-corrected chi connectivity index (χ3v) is 4.38. The highest BCUT2D eigenvalue weighted by Gasteiger charge is 2.21. The van der Waals surface area contributed by atoms with Gasteiger partial charge in [-0.1, -0.05) is 0 Å². The van der Waals surface area contributed by atoms with Gasteiger partial charge < -0.3 is 5.11 Å². The van der Waals surface area contributed by atoms with E-state index in [-0.39, 0.29) is 5.56 Å². The van der Waals surface area contributed by atoms with Gasteiger partial charge in [0.25, 0.3) is 0 Å². The molecule has 0 radical (unpaired) electrons. The Morgan fingerprint density at radius 1 is 1.53 bits per heavy atom. The number of carboxylic acids is 1. The lowest BCUT2D eigenvalue weighted by Gasteiger charge is -2.00. The predicted molar refractivity (Wildman–Crippen MR) is 65.9 cm³/mol. The molecular weight excluding hydrogens is 258 g/mol. The molecule has 5 nitrogen and oxygen atoms in total. The summed E-state index contributed by atoms with van der Waals surface area (Å²) in [5.74, 6) is -0.952. The molecule has 0 bridgehead atoms. The molecule has 2 heterocycles. The molecule has 17 heavy (non-hydrogen) atoms. The Morgan fingerprint density at radius 3 is 2.76 bits per heavy atom. The molecule has 2 aromatic rings. The van der Waals surface area contributed by atoms with Gasteiger partial charge in [0.05, 0.1) is 5.69 Å². The van der Waals surface area contributed by atoms with Gasteiger partial charge in [-0.05, 0) is 25.6 Å². The number of rotatable bonds is 3. The van der Waals surface area contributed by atoms with Crippen molar-refractivity contribution in [2.45, 2.75) is 23.2 Å². The van der Waals surface area contributed by atoms with Crippen LogP contribution in [0.15, 0.2) is 14.7 Å². The Balaban J connectivity index is 2.41. The van der Waals surface area contributed by atoms with E-state index in [0.29, 0.717) is 10.7 Å². The number of hydrogen-bond acceptors (Lipinski definition) is 5. The van der Waals surface area contributed by atoms with Crippen LogP contribution in [0.3, 0.4) is 0 Å². The van der Waals surface area contributed by atoms with Crippen molar-refractivity contribution in [1.82, 2.24) is 14.8 Å². The van der Waals surface area contributed by atoms with Crippen molar-refractivity contribution in [3.63, 3.8) is 0 Å². The van der Waals surface area contributed by atoms with Crippen molar-refractivity contribution in [1.29, 1.82) is 0 Å². The van der Waals surface area contributed by atoms with E-state index in [4.69, 9.17) is 5.11 Å². The first-order chi connectivity index (χ1) is 7.99. The fourth-order valence-corrected chi connectivity index (χ4v) is 3.42. The molecule has 0 aliphatic carbocycles. The molecule has 0 aliphatic heterocycles. The molecule has 0 amide bonds.